The van der Waals surface area contributed by atoms with E-state index in [4.69, 9.17) is 0 Å². The van der Waals surface area contributed by atoms with Gasteiger partial charge >= 0.3 is 272 Å². The maximum atomic E-state index is 2.69. The van der Waals surface area contributed by atoms with Crippen LogP contribution >= 0.6 is 24.8 Å². The molecule has 4 aromatic carbocycles. The molecule has 3 heteroatoms. The van der Waals surface area contributed by atoms with Gasteiger partial charge in [0.2, 0.25) is 0 Å². The third-order valence-corrected chi connectivity index (χ3v) is 33.5. The van der Waals surface area contributed by atoms with Crippen LogP contribution in [0.2, 0.25) is 8.35 Å². The second-order valence-electron chi connectivity index (χ2n) is 13.9. The van der Waals surface area contributed by atoms with Gasteiger partial charge in [0.25, 0.3) is 0 Å². The third kappa shape index (κ3) is 6.22. The zero-order valence-electron chi connectivity index (χ0n) is 28.1. The summed E-state index contributed by atoms with van der Waals surface area (Å²) in [6.07, 6.45) is 14.5. The molecule has 1 aliphatic heterocycles. The number of rotatable bonds is 10. The van der Waals surface area contributed by atoms with Gasteiger partial charge in [0.15, 0.2) is 0 Å². The van der Waals surface area contributed by atoms with Crippen molar-refractivity contribution in [3.8, 4) is 22.3 Å². The van der Waals surface area contributed by atoms with Gasteiger partial charge in [0, 0.05) is 0 Å². The molecule has 2 aliphatic carbocycles. The molecular weight excluding hydrogens is 766 g/mol. The van der Waals surface area contributed by atoms with Gasteiger partial charge in [-0.1, -0.05) is 0 Å². The van der Waals surface area contributed by atoms with Crippen molar-refractivity contribution < 1.29 is 20.0 Å². The van der Waals surface area contributed by atoms with Gasteiger partial charge in [-0.2, -0.15) is 0 Å². The van der Waals surface area contributed by atoms with Crippen LogP contribution < -0.4 is 0 Å². The quantitative estimate of drug-likeness (QED) is 0.140. The molecule has 4 aromatic rings. The Morgan fingerprint density at radius 3 is 1.33 bits per heavy atom. The first-order valence-electron chi connectivity index (χ1n) is 17.3. The summed E-state index contributed by atoms with van der Waals surface area (Å²) in [5.41, 5.74) is 18.3. The SMILES string of the molecule is CCCCC1=Cc2c(-c3ccc(C)cc3)cccc2[CH]1[Hf]1([CH]2C(CCCC)=Cc3c(-c4ccc(C)cc4)cccc32)[CH2]C[CH2]1.Cl.Cl. The van der Waals surface area contributed by atoms with Gasteiger partial charge in [0.05, 0.1) is 0 Å². The molecule has 0 aromatic heterocycles. The van der Waals surface area contributed by atoms with Gasteiger partial charge in [0.1, 0.15) is 0 Å². The second-order valence-corrected chi connectivity index (χ2v) is 30.5. The number of aryl methyl sites for hydroxylation is 2. The van der Waals surface area contributed by atoms with Crippen LogP contribution in [0.5, 0.6) is 0 Å². The molecule has 46 heavy (non-hydrogen) atoms. The topological polar surface area (TPSA) is 0 Å². The molecule has 0 N–H and O–H groups in total. The van der Waals surface area contributed by atoms with Crippen molar-refractivity contribution in [2.75, 3.05) is 0 Å². The molecule has 1 heterocycles. The third-order valence-electron chi connectivity index (χ3n) is 11.1. The summed E-state index contributed by atoms with van der Waals surface area (Å²) < 4.78 is 4.51. The summed E-state index contributed by atoms with van der Waals surface area (Å²) in [6, 6.07) is 33.1. The van der Waals surface area contributed by atoms with Crippen molar-refractivity contribution in [3.05, 3.63) is 129 Å². The van der Waals surface area contributed by atoms with E-state index in [1.165, 1.54) is 86.7 Å². The minimum absolute atomic E-state index is 0. The van der Waals surface area contributed by atoms with Gasteiger partial charge in [-0.3, -0.25) is 0 Å². The molecule has 2 unspecified atom stereocenters. The largest absolute Gasteiger partial charge is 0.147 e. The minimum Gasteiger partial charge on any atom is -0.147 e. The molecule has 1 fully saturated rings. The molecule has 0 saturated carbocycles. The van der Waals surface area contributed by atoms with E-state index in [9.17, 15) is 0 Å². The number of halogens is 2. The van der Waals surface area contributed by atoms with Gasteiger partial charge in [-0.05, 0) is 0 Å². The normalized spacial score (nSPS) is 18.8. The predicted octanol–water partition coefficient (Wildman–Crippen LogP) is 13.8. The molecule has 240 valence electrons. The molecule has 0 spiro atoms. The van der Waals surface area contributed by atoms with E-state index in [2.05, 4.69) is 125 Å². The fourth-order valence-corrected chi connectivity index (χ4v) is 31.5. The van der Waals surface area contributed by atoms with E-state index >= 15 is 0 Å². The summed E-state index contributed by atoms with van der Waals surface area (Å²) in [5, 5.41) is 0. The van der Waals surface area contributed by atoms with Crippen LogP contribution in [0.25, 0.3) is 34.4 Å². The van der Waals surface area contributed by atoms with Gasteiger partial charge in [-0.15, -0.1) is 24.8 Å². The molecule has 2 atom stereocenters. The Labute approximate surface area is 295 Å². The van der Waals surface area contributed by atoms with Crippen LogP contribution in [0.3, 0.4) is 0 Å². The van der Waals surface area contributed by atoms with E-state index in [1.807, 2.05) is 0 Å². The van der Waals surface area contributed by atoms with Crippen LogP contribution in [0.4, 0.5) is 0 Å². The number of allylic oxidation sites excluding steroid dienone is 2. The Morgan fingerprint density at radius 1 is 0.565 bits per heavy atom. The summed E-state index contributed by atoms with van der Waals surface area (Å²) in [6.45, 7) is 9.12. The zero-order valence-corrected chi connectivity index (χ0v) is 33.3. The Hall–Kier alpha value is -2.19. The average molecular weight is 816 g/mol. The van der Waals surface area contributed by atoms with Crippen molar-refractivity contribution in [2.45, 2.75) is 88.3 Å². The first-order valence-corrected chi connectivity index (χ1v) is 26.6. The van der Waals surface area contributed by atoms with E-state index < -0.39 is 20.0 Å². The standard InChI is InChI=1S/2C20H21.C3H6.2ClH.Hf/c2*1-3-4-6-16-13-18-7-5-8-19(20(18)14-16)17-11-9-15(2)10-12-17;1-3-2;;;/h2*5,7-14H,3-4,6H2,1-2H3;1-3H2;2*1H;. The summed E-state index contributed by atoms with van der Waals surface area (Å²) >= 11 is -3.04. The smallest absolute Gasteiger partial charge is 0.147 e. The number of hydrogen-bond acceptors (Lipinski definition) is 0. The van der Waals surface area contributed by atoms with Crippen molar-refractivity contribution in [1.82, 2.24) is 0 Å². The van der Waals surface area contributed by atoms with Gasteiger partial charge < -0.3 is 0 Å². The van der Waals surface area contributed by atoms with E-state index in [-0.39, 0.29) is 24.8 Å². The Bertz CT molecular complexity index is 1600. The Kier molecular flexibility index (Phi) is 11.4. The maximum absolute atomic E-state index is 3.04. The van der Waals surface area contributed by atoms with Crippen molar-refractivity contribution in [1.29, 1.82) is 0 Å². The summed E-state index contributed by atoms with van der Waals surface area (Å²) in [7, 11) is 0. The van der Waals surface area contributed by atoms with E-state index in [1.54, 1.807) is 33.4 Å². The molecule has 0 radical (unpaired) electrons. The van der Waals surface area contributed by atoms with Crippen molar-refractivity contribution in [2.24, 2.45) is 0 Å². The number of fused-ring (bicyclic) bond motifs is 2. The second kappa shape index (κ2) is 14.9. The van der Waals surface area contributed by atoms with Crippen LogP contribution in [0.1, 0.15) is 99.5 Å². The Morgan fingerprint density at radius 2 is 0.978 bits per heavy atom. The first kappa shape index (κ1) is 35.1. The van der Waals surface area contributed by atoms with Crippen molar-refractivity contribution in [3.63, 3.8) is 0 Å². The van der Waals surface area contributed by atoms with Crippen LogP contribution in [0, 0.1) is 13.8 Å². The molecule has 0 amide bonds. The fourth-order valence-electron chi connectivity index (χ4n) is 8.78. The molecule has 0 nitrogen and oxygen atoms in total. The zero-order chi connectivity index (χ0) is 30.3. The molecule has 0 bridgehead atoms. The molecule has 7 rings (SSSR count). The number of benzene rings is 4. The first-order chi connectivity index (χ1) is 21.5. The predicted molar refractivity (Wildman–Crippen MR) is 202 cm³/mol. The van der Waals surface area contributed by atoms with E-state index in [0.29, 0.717) is 7.35 Å². The van der Waals surface area contributed by atoms with E-state index in [0.717, 1.165) is 0 Å². The van der Waals surface area contributed by atoms with Crippen molar-refractivity contribution >= 4 is 37.0 Å². The molecule has 3 aliphatic rings. The Balaban J connectivity index is 0.00000208. The number of hydrogen-bond donors (Lipinski definition) is 0. The summed E-state index contributed by atoms with van der Waals surface area (Å²) in [4.78, 5) is 0. The van der Waals surface area contributed by atoms with Crippen LogP contribution in [0.15, 0.2) is 96.1 Å². The number of unbranched alkanes of at least 4 members (excludes halogenated alkanes) is 2. The van der Waals surface area contributed by atoms with Crippen LogP contribution in [-0.2, 0) is 20.0 Å². The molecule has 1 saturated heterocycles. The average Bonchev–Trinajstić information content (AvgIpc) is 3.58. The fraction of sp³-hybridized carbons (Fsp3) is 0.349. The maximum Gasteiger partial charge on any atom is -0.147 e. The molecular formula is C43H50Cl2Hf. The van der Waals surface area contributed by atoms with Gasteiger partial charge in [-0.25, -0.2) is 0 Å². The monoisotopic (exact) mass is 816 g/mol. The summed E-state index contributed by atoms with van der Waals surface area (Å²) in [5.74, 6) is 0. The minimum atomic E-state index is -3.04. The van der Waals surface area contributed by atoms with Crippen LogP contribution in [-0.4, -0.2) is 0 Å².